The van der Waals surface area contributed by atoms with Gasteiger partial charge in [-0.1, -0.05) is 0 Å². The van der Waals surface area contributed by atoms with Gasteiger partial charge in [-0.25, -0.2) is 0 Å². The molecule has 1 rings (SSSR count). The minimum absolute atomic E-state index is 0.00929. The van der Waals surface area contributed by atoms with Gasteiger partial charge in [-0.05, 0) is 6.42 Å². The first kappa shape index (κ1) is 12.6. The maximum absolute atomic E-state index is 11.4. The normalized spacial score (nSPS) is 16.5. The van der Waals surface area contributed by atoms with E-state index in [9.17, 15) is 14.4 Å². The topological polar surface area (TPSA) is 69.7 Å². The molecule has 0 bridgehead atoms. The maximum atomic E-state index is 11.4. The lowest BCUT2D eigenvalue weighted by atomic mass is 10.2. The first-order valence-electron chi connectivity index (χ1n) is 5.26. The number of nitrogens with one attached hydrogen (secondary N) is 1. The van der Waals surface area contributed by atoms with Crippen molar-refractivity contribution in [2.24, 2.45) is 0 Å². The highest BCUT2D eigenvalue weighted by Crippen LogP contribution is 2.01. The molecule has 0 aromatic heterocycles. The van der Waals surface area contributed by atoms with Crippen LogP contribution in [-0.4, -0.2) is 61.3 Å². The summed E-state index contributed by atoms with van der Waals surface area (Å²) in [5.74, 6) is -0.419. The average molecular weight is 227 g/mol. The van der Waals surface area contributed by atoms with Crippen molar-refractivity contribution in [2.45, 2.75) is 12.8 Å². The summed E-state index contributed by atoms with van der Waals surface area (Å²) in [4.78, 5) is 36.7. The van der Waals surface area contributed by atoms with Gasteiger partial charge in [0.25, 0.3) is 0 Å². The lowest BCUT2D eigenvalue weighted by Crippen LogP contribution is -2.52. The largest absolute Gasteiger partial charge is 0.349 e. The predicted octanol–water partition coefficient (Wildman–Crippen LogP) is -1.19. The Morgan fingerprint density at radius 3 is 2.38 bits per heavy atom. The van der Waals surface area contributed by atoms with E-state index in [-0.39, 0.29) is 30.8 Å². The molecule has 1 heterocycles. The van der Waals surface area contributed by atoms with Gasteiger partial charge in [0, 0.05) is 27.1 Å². The number of carbonyl (C=O) groups excluding carboxylic acids is 3. The number of imide groups is 1. The molecule has 1 aliphatic rings. The Hall–Kier alpha value is -1.43. The molecule has 0 unspecified atom stereocenters. The zero-order chi connectivity index (χ0) is 12.1. The summed E-state index contributed by atoms with van der Waals surface area (Å²) >= 11 is 0. The van der Waals surface area contributed by atoms with Crippen LogP contribution in [0.25, 0.3) is 0 Å². The van der Waals surface area contributed by atoms with Crippen LogP contribution in [0.5, 0.6) is 0 Å². The third kappa shape index (κ3) is 3.30. The third-order valence-electron chi connectivity index (χ3n) is 2.43. The lowest BCUT2D eigenvalue weighted by Gasteiger charge is -2.25. The molecule has 1 N–H and O–H groups in total. The van der Waals surface area contributed by atoms with Crippen molar-refractivity contribution in [2.75, 3.05) is 33.7 Å². The first-order chi connectivity index (χ1) is 7.52. The molecule has 0 atom stereocenters. The molecule has 1 aliphatic heterocycles. The standard InChI is InChI=1S/C10H17N3O3/c1-12(2)8(14)4-3-5-13-9(15)6-11-7-10(13)16/h11H,3-7H2,1-2H3. The monoisotopic (exact) mass is 227 g/mol. The molecule has 0 saturated carbocycles. The van der Waals surface area contributed by atoms with Crippen molar-refractivity contribution in [3.05, 3.63) is 0 Å². The minimum Gasteiger partial charge on any atom is -0.349 e. The number of hydrogen-bond donors (Lipinski definition) is 1. The lowest BCUT2D eigenvalue weighted by molar-refractivity contribution is -0.147. The fourth-order valence-corrected chi connectivity index (χ4v) is 1.47. The van der Waals surface area contributed by atoms with Gasteiger partial charge in [0.15, 0.2) is 0 Å². The summed E-state index contributed by atoms with van der Waals surface area (Å²) in [6.45, 7) is 0.736. The summed E-state index contributed by atoms with van der Waals surface area (Å²) in [7, 11) is 3.37. The zero-order valence-electron chi connectivity index (χ0n) is 9.65. The van der Waals surface area contributed by atoms with Gasteiger partial charge >= 0.3 is 0 Å². The highest BCUT2D eigenvalue weighted by atomic mass is 16.2. The number of hydrogen-bond acceptors (Lipinski definition) is 4. The number of amides is 3. The van der Waals surface area contributed by atoms with Crippen LogP contribution < -0.4 is 5.32 Å². The Kier molecular flexibility index (Phi) is 4.42. The Balaban J connectivity index is 2.33. The second-order valence-corrected chi connectivity index (χ2v) is 3.93. The maximum Gasteiger partial charge on any atom is 0.243 e. The molecule has 0 aromatic rings. The van der Waals surface area contributed by atoms with Crippen molar-refractivity contribution in [1.82, 2.24) is 15.1 Å². The van der Waals surface area contributed by atoms with Crippen LogP contribution in [0.3, 0.4) is 0 Å². The molecule has 1 saturated heterocycles. The number of piperazine rings is 1. The Bertz CT molecular complexity index is 286. The van der Waals surface area contributed by atoms with Gasteiger partial charge in [-0.3, -0.25) is 24.6 Å². The third-order valence-corrected chi connectivity index (χ3v) is 2.43. The van der Waals surface area contributed by atoms with Crippen LogP contribution in [0.4, 0.5) is 0 Å². The molecule has 0 spiro atoms. The molecule has 90 valence electrons. The van der Waals surface area contributed by atoms with E-state index in [0.29, 0.717) is 19.4 Å². The Labute approximate surface area is 94.6 Å². The molecule has 0 aromatic carbocycles. The molecular formula is C10H17N3O3. The van der Waals surface area contributed by atoms with Crippen LogP contribution in [0.1, 0.15) is 12.8 Å². The van der Waals surface area contributed by atoms with E-state index in [1.165, 1.54) is 9.80 Å². The SMILES string of the molecule is CN(C)C(=O)CCCN1C(=O)CNCC1=O. The minimum atomic E-state index is -0.214. The molecule has 0 aliphatic carbocycles. The van der Waals surface area contributed by atoms with E-state index in [2.05, 4.69) is 5.32 Å². The second-order valence-electron chi connectivity index (χ2n) is 3.93. The Morgan fingerprint density at radius 2 is 1.88 bits per heavy atom. The highest BCUT2D eigenvalue weighted by molar-refractivity contribution is 5.99. The van der Waals surface area contributed by atoms with Crippen molar-refractivity contribution in [3.8, 4) is 0 Å². The summed E-state index contributed by atoms with van der Waals surface area (Å²) < 4.78 is 0. The molecule has 1 fully saturated rings. The number of nitrogens with zero attached hydrogens (tertiary/aromatic N) is 2. The fourth-order valence-electron chi connectivity index (χ4n) is 1.47. The van der Waals surface area contributed by atoms with Gasteiger partial charge in [0.1, 0.15) is 0 Å². The fraction of sp³-hybridized carbons (Fsp3) is 0.700. The van der Waals surface area contributed by atoms with Crippen LogP contribution >= 0.6 is 0 Å². The predicted molar refractivity (Wildman–Crippen MR) is 57.5 cm³/mol. The van der Waals surface area contributed by atoms with E-state index in [1.54, 1.807) is 14.1 Å². The van der Waals surface area contributed by atoms with Crippen LogP contribution in [0.15, 0.2) is 0 Å². The van der Waals surface area contributed by atoms with E-state index >= 15 is 0 Å². The Morgan fingerprint density at radius 1 is 1.31 bits per heavy atom. The average Bonchev–Trinajstić information content (AvgIpc) is 2.22. The summed E-state index contributed by atoms with van der Waals surface area (Å²) in [6, 6.07) is 0. The van der Waals surface area contributed by atoms with Crippen molar-refractivity contribution >= 4 is 17.7 Å². The molecule has 16 heavy (non-hydrogen) atoms. The molecule has 6 heteroatoms. The first-order valence-corrected chi connectivity index (χ1v) is 5.26. The summed E-state index contributed by atoms with van der Waals surface area (Å²) in [6.07, 6.45) is 0.881. The highest BCUT2D eigenvalue weighted by Gasteiger charge is 2.24. The van der Waals surface area contributed by atoms with Gasteiger partial charge in [-0.15, -0.1) is 0 Å². The van der Waals surface area contributed by atoms with Crippen molar-refractivity contribution < 1.29 is 14.4 Å². The quantitative estimate of drug-likeness (QED) is 0.613. The van der Waals surface area contributed by atoms with E-state index < -0.39 is 0 Å². The number of carbonyl (C=O) groups is 3. The van der Waals surface area contributed by atoms with Gasteiger partial charge in [0.2, 0.25) is 17.7 Å². The zero-order valence-corrected chi connectivity index (χ0v) is 9.65. The summed E-state index contributed by atoms with van der Waals surface area (Å²) in [5, 5.41) is 2.72. The molecule has 3 amide bonds. The summed E-state index contributed by atoms with van der Waals surface area (Å²) in [5.41, 5.74) is 0. The van der Waals surface area contributed by atoms with Gasteiger partial charge < -0.3 is 4.90 Å². The van der Waals surface area contributed by atoms with E-state index in [1.807, 2.05) is 0 Å². The smallest absolute Gasteiger partial charge is 0.243 e. The molecule has 0 radical (unpaired) electrons. The molecular weight excluding hydrogens is 210 g/mol. The number of rotatable bonds is 4. The van der Waals surface area contributed by atoms with Crippen molar-refractivity contribution in [3.63, 3.8) is 0 Å². The van der Waals surface area contributed by atoms with E-state index in [4.69, 9.17) is 0 Å². The van der Waals surface area contributed by atoms with Crippen LogP contribution in [-0.2, 0) is 14.4 Å². The van der Waals surface area contributed by atoms with Gasteiger partial charge in [0.05, 0.1) is 13.1 Å². The second kappa shape index (κ2) is 5.60. The molecule has 6 nitrogen and oxygen atoms in total. The van der Waals surface area contributed by atoms with Crippen LogP contribution in [0, 0.1) is 0 Å². The van der Waals surface area contributed by atoms with Crippen LogP contribution in [0.2, 0.25) is 0 Å². The van der Waals surface area contributed by atoms with Crippen molar-refractivity contribution in [1.29, 1.82) is 0 Å². The van der Waals surface area contributed by atoms with Gasteiger partial charge in [-0.2, -0.15) is 0 Å². The van der Waals surface area contributed by atoms with E-state index in [0.717, 1.165) is 0 Å².